The minimum atomic E-state index is -0.257. The van der Waals surface area contributed by atoms with Gasteiger partial charge >= 0.3 is 0 Å². The highest BCUT2D eigenvalue weighted by atomic mass is 35.5. The van der Waals surface area contributed by atoms with Crippen LogP contribution in [0.5, 0.6) is 0 Å². The Bertz CT molecular complexity index is 542. The summed E-state index contributed by atoms with van der Waals surface area (Å²) in [7, 11) is 0. The average Bonchev–Trinajstić information content (AvgIpc) is 2.42. The fraction of sp³-hybridized carbons (Fsp3) is 0.429. The molecule has 0 aromatic heterocycles. The van der Waals surface area contributed by atoms with Gasteiger partial charge in [0.2, 0.25) is 11.8 Å². The number of hydrogen-bond donors (Lipinski definition) is 3. The molecule has 6 nitrogen and oxygen atoms in total. The Morgan fingerprint density at radius 2 is 2.00 bits per heavy atom. The van der Waals surface area contributed by atoms with E-state index in [0.29, 0.717) is 42.3 Å². The van der Waals surface area contributed by atoms with Gasteiger partial charge in [0.15, 0.2) is 0 Å². The molecule has 0 saturated carbocycles. The van der Waals surface area contributed by atoms with Crippen molar-refractivity contribution in [1.82, 2.24) is 4.90 Å². The van der Waals surface area contributed by atoms with E-state index in [0.717, 1.165) is 0 Å². The number of halogens is 1. The maximum Gasteiger partial charge on any atom is 0.238 e. The molecule has 21 heavy (non-hydrogen) atoms. The first kappa shape index (κ1) is 15.6. The molecule has 7 heteroatoms. The standard InChI is InChI=1S/C14H19ClN4O2/c15-11-7-10(16)1-2-12(11)18-13(20)8-19-5-3-9(4-6-19)14(17)21/h1-2,7,9H,3-6,8,16H2,(H2,17,21)(H,18,20). The molecule has 2 amide bonds. The Morgan fingerprint density at radius 1 is 1.33 bits per heavy atom. The second-order valence-electron chi connectivity index (χ2n) is 5.24. The molecule has 1 aromatic rings. The first-order valence-corrected chi connectivity index (χ1v) is 7.20. The van der Waals surface area contributed by atoms with Gasteiger partial charge in [-0.1, -0.05) is 11.6 Å². The van der Waals surface area contributed by atoms with E-state index in [-0.39, 0.29) is 24.3 Å². The van der Waals surface area contributed by atoms with E-state index in [9.17, 15) is 9.59 Å². The lowest BCUT2D eigenvalue weighted by molar-refractivity contribution is -0.123. The Hall–Kier alpha value is -1.79. The average molecular weight is 311 g/mol. The van der Waals surface area contributed by atoms with Crippen LogP contribution in [0, 0.1) is 5.92 Å². The fourth-order valence-electron chi connectivity index (χ4n) is 2.40. The van der Waals surface area contributed by atoms with E-state index >= 15 is 0 Å². The van der Waals surface area contributed by atoms with Crippen LogP contribution < -0.4 is 16.8 Å². The summed E-state index contributed by atoms with van der Waals surface area (Å²) in [6.45, 7) is 1.65. The topological polar surface area (TPSA) is 101 Å². The number of primary amides is 1. The molecular formula is C14H19ClN4O2. The van der Waals surface area contributed by atoms with Crippen LogP contribution in [0.1, 0.15) is 12.8 Å². The van der Waals surface area contributed by atoms with Crippen LogP contribution in [0.15, 0.2) is 18.2 Å². The molecule has 2 rings (SSSR count). The molecule has 1 aliphatic rings. The second-order valence-corrected chi connectivity index (χ2v) is 5.65. The number of nitrogens with two attached hydrogens (primary N) is 2. The van der Waals surface area contributed by atoms with Gasteiger partial charge in [-0.05, 0) is 44.1 Å². The van der Waals surface area contributed by atoms with Gasteiger partial charge in [0.05, 0.1) is 17.3 Å². The van der Waals surface area contributed by atoms with Crippen LogP contribution >= 0.6 is 11.6 Å². The summed E-state index contributed by atoms with van der Waals surface area (Å²) in [5, 5.41) is 3.17. The van der Waals surface area contributed by atoms with Crippen LogP contribution in [0.3, 0.4) is 0 Å². The van der Waals surface area contributed by atoms with Crippen molar-refractivity contribution in [3.05, 3.63) is 23.2 Å². The number of hydrogen-bond acceptors (Lipinski definition) is 4. The largest absolute Gasteiger partial charge is 0.399 e. The Balaban J connectivity index is 1.84. The quantitative estimate of drug-likeness (QED) is 0.724. The first-order chi connectivity index (χ1) is 9.95. The first-order valence-electron chi connectivity index (χ1n) is 6.82. The Morgan fingerprint density at radius 3 is 2.57 bits per heavy atom. The number of anilines is 2. The van der Waals surface area contributed by atoms with Crippen molar-refractivity contribution in [3.63, 3.8) is 0 Å². The number of carbonyl (C=O) groups excluding carboxylic acids is 2. The number of nitrogens with zero attached hydrogens (tertiary/aromatic N) is 1. The molecule has 0 spiro atoms. The zero-order valence-corrected chi connectivity index (χ0v) is 12.4. The van der Waals surface area contributed by atoms with Gasteiger partial charge in [-0.15, -0.1) is 0 Å². The molecule has 0 unspecified atom stereocenters. The smallest absolute Gasteiger partial charge is 0.238 e. The summed E-state index contributed by atoms with van der Waals surface area (Å²) in [6, 6.07) is 4.95. The summed E-state index contributed by atoms with van der Waals surface area (Å²) in [5.74, 6) is -0.470. The van der Waals surface area contributed by atoms with Crippen LogP contribution in [0.4, 0.5) is 11.4 Å². The van der Waals surface area contributed by atoms with E-state index in [4.69, 9.17) is 23.1 Å². The fourth-order valence-corrected chi connectivity index (χ4v) is 2.64. The zero-order chi connectivity index (χ0) is 15.4. The van der Waals surface area contributed by atoms with Crippen molar-refractivity contribution in [1.29, 1.82) is 0 Å². The van der Waals surface area contributed by atoms with Gasteiger partial charge in [-0.2, -0.15) is 0 Å². The van der Waals surface area contributed by atoms with Crippen molar-refractivity contribution >= 4 is 34.8 Å². The third-order valence-corrected chi connectivity index (χ3v) is 3.94. The molecule has 1 saturated heterocycles. The number of rotatable bonds is 4. The number of carbonyl (C=O) groups is 2. The lowest BCUT2D eigenvalue weighted by atomic mass is 9.96. The highest BCUT2D eigenvalue weighted by molar-refractivity contribution is 6.34. The zero-order valence-electron chi connectivity index (χ0n) is 11.6. The minimum absolute atomic E-state index is 0.0733. The summed E-state index contributed by atoms with van der Waals surface area (Å²) in [5.41, 5.74) is 12.0. The van der Waals surface area contributed by atoms with Crippen molar-refractivity contribution in [3.8, 4) is 0 Å². The molecule has 0 radical (unpaired) electrons. The van der Waals surface area contributed by atoms with Gasteiger partial charge in [0, 0.05) is 11.6 Å². The summed E-state index contributed by atoms with van der Waals surface area (Å²) in [4.78, 5) is 25.1. The molecular weight excluding hydrogens is 292 g/mol. The van der Waals surface area contributed by atoms with Crippen LogP contribution in [-0.2, 0) is 9.59 Å². The Kier molecular flexibility index (Phi) is 5.03. The third kappa shape index (κ3) is 4.34. The number of piperidine rings is 1. The van der Waals surface area contributed by atoms with Gasteiger partial charge < -0.3 is 16.8 Å². The maximum atomic E-state index is 12.0. The van der Waals surface area contributed by atoms with E-state index in [2.05, 4.69) is 5.32 Å². The molecule has 0 aliphatic carbocycles. The summed E-state index contributed by atoms with van der Waals surface area (Å²) in [6.07, 6.45) is 1.40. The molecule has 5 N–H and O–H groups in total. The molecule has 0 atom stereocenters. The SMILES string of the molecule is NC(=O)C1CCN(CC(=O)Nc2ccc(N)cc2Cl)CC1. The molecule has 114 valence electrons. The van der Waals surface area contributed by atoms with Crippen molar-refractivity contribution in [2.45, 2.75) is 12.8 Å². The van der Waals surface area contributed by atoms with E-state index in [1.54, 1.807) is 18.2 Å². The molecule has 1 fully saturated rings. The summed E-state index contributed by atoms with van der Waals surface area (Å²) >= 11 is 6.01. The van der Waals surface area contributed by atoms with Crippen molar-refractivity contribution in [2.24, 2.45) is 11.7 Å². The Labute approximate surface area is 128 Å². The van der Waals surface area contributed by atoms with Crippen LogP contribution in [0.25, 0.3) is 0 Å². The number of nitrogen functional groups attached to an aromatic ring is 1. The number of likely N-dealkylation sites (tertiary alicyclic amines) is 1. The minimum Gasteiger partial charge on any atom is -0.399 e. The number of nitrogens with one attached hydrogen (secondary N) is 1. The number of amides is 2. The van der Waals surface area contributed by atoms with Crippen molar-refractivity contribution in [2.75, 3.05) is 30.7 Å². The van der Waals surface area contributed by atoms with Crippen LogP contribution in [0.2, 0.25) is 5.02 Å². The monoisotopic (exact) mass is 310 g/mol. The molecule has 1 aromatic carbocycles. The van der Waals surface area contributed by atoms with Gasteiger partial charge in [0.25, 0.3) is 0 Å². The number of benzene rings is 1. The highest BCUT2D eigenvalue weighted by Gasteiger charge is 2.24. The van der Waals surface area contributed by atoms with E-state index < -0.39 is 0 Å². The van der Waals surface area contributed by atoms with Gasteiger partial charge in [-0.25, -0.2) is 0 Å². The van der Waals surface area contributed by atoms with E-state index in [1.807, 2.05) is 4.90 Å². The van der Waals surface area contributed by atoms with E-state index in [1.165, 1.54) is 0 Å². The molecule has 1 aliphatic heterocycles. The van der Waals surface area contributed by atoms with Gasteiger partial charge in [0.1, 0.15) is 0 Å². The van der Waals surface area contributed by atoms with Crippen LogP contribution in [-0.4, -0.2) is 36.3 Å². The molecule has 0 bridgehead atoms. The maximum absolute atomic E-state index is 12.0. The molecule has 1 heterocycles. The predicted octanol–water partition coefficient (Wildman–Crippen LogP) is 1.06. The normalized spacial score (nSPS) is 16.6. The second kappa shape index (κ2) is 6.78. The summed E-state index contributed by atoms with van der Waals surface area (Å²) < 4.78 is 0. The predicted molar refractivity (Wildman–Crippen MR) is 82.9 cm³/mol. The lowest BCUT2D eigenvalue weighted by Crippen LogP contribution is -2.42. The highest BCUT2D eigenvalue weighted by Crippen LogP contribution is 2.24. The van der Waals surface area contributed by atoms with Gasteiger partial charge in [-0.3, -0.25) is 14.5 Å². The third-order valence-electron chi connectivity index (χ3n) is 3.62. The lowest BCUT2D eigenvalue weighted by Gasteiger charge is -2.29. The van der Waals surface area contributed by atoms with Crippen molar-refractivity contribution < 1.29 is 9.59 Å².